The molecular weight excluding hydrogens is 308 g/mol. The first kappa shape index (κ1) is 18.4. The minimum Gasteiger partial charge on any atom is -0.355 e. The van der Waals surface area contributed by atoms with Crippen LogP contribution >= 0.6 is 0 Å². The highest BCUT2D eigenvalue weighted by atomic mass is 16.1. The predicted octanol–water partition coefficient (Wildman–Crippen LogP) is 5.56. The van der Waals surface area contributed by atoms with Gasteiger partial charge in [0.25, 0.3) is 0 Å². The SMILES string of the molecule is C=C(Nc1ccc(C=O)c(C)c1)/C(C)=N/C=C(\C)c1ccc(C)cc1. The molecule has 0 radical (unpaired) electrons. The molecule has 0 saturated carbocycles. The normalized spacial score (nSPS) is 12.0. The second-order valence-electron chi connectivity index (χ2n) is 6.19. The molecule has 0 aliphatic carbocycles. The van der Waals surface area contributed by atoms with Crippen LogP contribution in [-0.2, 0) is 0 Å². The average molecular weight is 332 g/mol. The van der Waals surface area contributed by atoms with Gasteiger partial charge in [-0.1, -0.05) is 36.4 Å². The van der Waals surface area contributed by atoms with E-state index in [9.17, 15) is 4.79 Å². The van der Waals surface area contributed by atoms with Gasteiger partial charge < -0.3 is 5.32 Å². The van der Waals surface area contributed by atoms with Crippen molar-refractivity contribution in [1.29, 1.82) is 0 Å². The van der Waals surface area contributed by atoms with Gasteiger partial charge in [0.1, 0.15) is 6.29 Å². The van der Waals surface area contributed by atoms with Crippen LogP contribution < -0.4 is 5.32 Å². The lowest BCUT2D eigenvalue weighted by Crippen LogP contribution is -2.07. The zero-order valence-electron chi connectivity index (χ0n) is 15.3. The van der Waals surface area contributed by atoms with Crippen LogP contribution in [0.3, 0.4) is 0 Å². The van der Waals surface area contributed by atoms with E-state index in [-0.39, 0.29) is 0 Å². The largest absolute Gasteiger partial charge is 0.355 e. The van der Waals surface area contributed by atoms with E-state index in [1.54, 1.807) is 6.07 Å². The second-order valence-corrected chi connectivity index (χ2v) is 6.19. The molecule has 25 heavy (non-hydrogen) atoms. The Kier molecular flexibility index (Phi) is 6.07. The number of carbonyl (C=O) groups excluding carboxylic acids is 1. The maximum absolute atomic E-state index is 10.9. The van der Waals surface area contributed by atoms with E-state index < -0.39 is 0 Å². The summed E-state index contributed by atoms with van der Waals surface area (Å²) in [4.78, 5) is 15.4. The number of rotatable bonds is 6. The van der Waals surface area contributed by atoms with Crippen molar-refractivity contribution in [2.75, 3.05) is 5.32 Å². The Bertz CT molecular complexity index is 843. The van der Waals surface area contributed by atoms with Crippen molar-refractivity contribution < 1.29 is 4.79 Å². The van der Waals surface area contributed by atoms with Gasteiger partial charge in [0.05, 0.1) is 11.4 Å². The van der Waals surface area contributed by atoms with Gasteiger partial charge in [0.2, 0.25) is 0 Å². The van der Waals surface area contributed by atoms with Gasteiger partial charge >= 0.3 is 0 Å². The predicted molar refractivity (Wildman–Crippen MR) is 107 cm³/mol. The first-order chi connectivity index (χ1) is 11.9. The molecule has 3 nitrogen and oxygen atoms in total. The van der Waals surface area contributed by atoms with Crippen molar-refractivity contribution in [2.24, 2.45) is 4.99 Å². The molecule has 0 amide bonds. The van der Waals surface area contributed by atoms with Gasteiger partial charge in [-0.25, -0.2) is 0 Å². The van der Waals surface area contributed by atoms with Crippen molar-refractivity contribution in [3.63, 3.8) is 0 Å². The molecule has 3 heteroatoms. The third kappa shape index (κ3) is 5.01. The monoisotopic (exact) mass is 332 g/mol. The summed E-state index contributed by atoms with van der Waals surface area (Å²) in [7, 11) is 0. The number of nitrogens with zero attached hydrogens (tertiary/aromatic N) is 1. The van der Waals surface area contributed by atoms with Crippen LogP contribution in [0.15, 0.2) is 65.9 Å². The third-order valence-corrected chi connectivity index (χ3v) is 4.09. The Balaban J connectivity index is 2.09. The molecule has 0 aromatic heterocycles. The van der Waals surface area contributed by atoms with Crippen molar-refractivity contribution in [2.45, 2.75) is 27.7 Å². The van der Waals surface area contributed by atoms with Crippen LogP contribution in [0.5, 0.6) is 0 Å². The quantitative estimate of drug-likeness (QED) is 0.555. The summed E-state index contributed by atoms with van der Waals surface area (Å²) in [5.74, 6) is 0. The Morgan fingerprint density at radius 1 is 1.08 bits per heavy atom. The van der Waals surface area contributed by atoms with Crippen molar-refractivity contribution in [3.8, 4) is 0 Å². The number of carbonyl (C=O) groups is 1. The van der Waals surface area contributed by atoms with Crippen LogP contribution in [0.25, 0.3) is 5.57 Å². The molecule has 0 spiro atoms. The van der Waals surface area contributed by atoms with Crippen LogP contribution in [-0.4, -0.2) is 12.0 Å². The highest BCUT2D eigenvalue weighted by Gasteiger charge is 2.02. The lowest BCUT2D eigenvalue weighted by Gasteiger charge is -2.10. The molecule has 0 aliphatic rings. The van der Waals surface area contributed by atoms with Crippen LogP contribution in [0.4, 0.5) is 5.69 Å². The molecule has 0 unspecified atom stereocenters. The Labute approximate surface area is 149 Å². The number of aryl methyl sites for hydroxylation is 2. The lowest BCUT2D eigenvalue weighted by molar-refractivity contribution is 0.112. The van der Waals surface area contributed by atoms with E-state index in [1.807, 2.05) is 39.1 Å². The minimum atomic E-state index is 0.693. The summed E-state index contributed by atoms with van der Waals surface area (Å²) >= 11 is 0. The van der Waals surface area contributed by atoms with Gasteiger partial charge in [0, 0.05) is 17.5 Å². The fourth-order valence-corrected chi connectivity index (χ4v) is 2.31. The first-order valence-electron chi connectivity index (χ1n) is 8.21. The topological polar surface area (TPSA) is 41.5 Å². The van der Waals surface area contributed by atoms with Gasteiger partial charge in [-0.3, -0.25) is 9.79 Å². The molecule has 2 aromatic rings. The van der Waals surface area contributed by atoms with Gasteiger partial charge in [-0.15, -0.1) is 0 Å². The molecule has 0 fully saturated rings. The molecule has 0 saturated heterocycles. The van der Waals surface area contributed by atoms with E-state index in [1.165, 1.54) is 5.56 Å². The number of aldehydes is 1. The smallest absolute Gasteiger partial charge is 0.150 e. The van der Waals surface area contributed by atoms with Crippen LogP contribution in [0.2, 0.25) is 0 Å². The van der Waals surface area contributed by atoms with E-state index in [4.69, 9.17) is 0 Å². The summed E-state index contributed by atoms with van der Waals surface area (Å²) in [5.41, 5.74) is 7.54. The van der Waals surface area contributed by atoms with Crippen LogP contribution in [0.1, 0.15) is 40.9 Å². The first-order valence-corrected chi connectivity index (χ1v) is 8.21. The zero-order chi connectivity index (χ0) is 18.4. The standard InChI is InChI=1S/C22H24N2O/c1-15-6-8-20(9-7-15)17(3)13-23-18(4)19(5)24-22-11-10-21(14-25)16(2)12-22/h6-14,24H,5H2,1-4H3/b17-13+,23-18+. The van der Waals surface area contributed by atoms with Crippen molar-refractivity contribution in [3.05, 3.63) is 83.2 Å². The van der Waals surface area contributed by atoms with Gasteiger partial charge in [0.15, 0.2) is 0 Å². The average Bonchev–Trinajstić information content (AvgIpc) is 2.60. The van der Waals surface area contributed by atoms with E-state index >= 15 is 0 Å². The van der Waals surface area contributed by atoms with Crippen molar-refractivity contribution >= 4 is 23.3 Å². The highest BCUT2D eigenvalue weighted by Crippen LogP contribution is 2.17. The summed E-state index contributed by atoms with van der Waals surface area (Å²) in [6.07, 6.45) is 2.72. The number of allylic oxidation sites excluding steroid dienone is 2. The molecule has 1 N–H and O–H groups in total. The number of anilines is 1. The summed E-state index contributed by atoms with van der Waals surface area (Å²) in [6.45, 7) is 12.0. The molecule has 0 heterocycles. The van der Waals surface area contributed by atoms with Gasteiger partial charge in [-0.2, -0.15) is 0 Å². The number of nitrogens with one attached hydrogen (secondary N) is 1. The number of hydrogen-bond donors (Lipinski definition) is 1. The molecular formula is C22H24N2O. The Morgan fingerprint density at radius 3 is 2.36 bits per heavy atom. The van der Waals surface area contributed by atoms with Crippen molar-refractivity contribution in [1.82, 2.24) is 0 Å². The minimum absolute atomic E-state index is 0.693. The maximum Gasteiger partial charge on any atom is 0.150 e. The fraction of sp³-hybridized carbons (Fsp3) is 0.182. The molecule has 0 bridgehead atoms. The second kappa shape index (κ2) is 8.25. The number of aliphatic imine (C=N–C) groups is 1. The molecule has 2 rings (SSSR count). The Hall–Kier alpha value is -2.94. The van der Waals surface area contributed by atoms with E-state index in [0.29, 0.717) is 5.56 Å². The molecule has 2 aromatic carbocycles. The van der Waals surface area contributed by atoms with E-state index in [2.05, 4.69) is 48.1 Å². The summed E-state index contributed by atoms with van der Waals surface area (Å²) in [5, 5.41) is 3.23. The number of hydrogen-bond acceptors (Lipinski definition) is 3. The van der Waals surface area contributed by atoms with E-state index in [0.717, 1.165) is 40.1 Å². The summed E-state index contributed by atoms with van der Waals surface area (Å²) < 4.78 is 0. The number of benzene rings is 2. The Morgan fingerprint density at radius 2 is 1.76 bits per heavy atom. The highest BCUT2D eigenvalue weighted by molar-refractivity contribution is 6.00. The molecule has 128 valence electrons. The fourth-order valence-electron chi connectivity index (χ4n) is 2.31. The summed E-state index contributed by atoms with van der Waals surface area (Å²) in [6, 6.07) is 14.0. The molecule has 0 atom stereocenters. The third-order valence-electron chi connectivity index (χ3n) is 4.09. The molecule has 0 aliphatic heterocycles. The zero-order valence-corrected chi connectivity index (χ0v) is 15.3. The van der Waals surface area contributed by atoms with Crippen LogP contribution in [0, 0.1) is 13.8 Å². The maximum atomic E-state index is 10.9. The van der Waals surface area contributed by atoms with Gasteiger partial charge in [-0.05, 0) is 62.6 Å². The lowest BCUT2D eigenvalue weighted by atomic mass is 10.1.